The van der Waals surface area contributed by atoms with E-state index in [0.29, 0.717) is 24.3 Å². The van der Waals surface area contributed by atoms with Crippen molar-refractivity contribution in [3.63, 3.8) is 0 Å². The van der Waals surface area contributed by atoms with Crippen molar-refractivity contribution >= 4 is 5.82 Å². The molecule has 0 unspecified atom stereocenters. The molecule has 14 heavy (non-hydrogen) atoms. The molecule has 0 aliphatic heterocycles. The van der Waals surface area contributed by atoms with E-state index in [1.54, 1.807) is 12.1 Å². The molecule has 1 N–H and O–H groups in total. The van der Waals surface area contributed by atoms with E-state index in [9.17, 15) is 4.39 Å². The van der Waals surface area contributed by atoms with E-state index in [-0.39, 0.29) is 6.67 Å². The lowest BCUT2D eigenvalue weighted by Gasteiger charge is -2.04. The molecule has 0 saturated carbocycles. The molecule has 1 heterocycles. The summed E-state index contributed by atoms with van der Waals surface area (Å²) in [4.78, 5) is 4.17. The van der Waals surface area contributed by atoms with E-state index in [0.717, 1.165) is 5.69 Å². The van der Waals surface area contributed by atoms with E-state index in [4.69, 9.17) is 5.26 Å². The third-order valence-electron chi connectivity index (χ3n) is 1.70. The maximum atomic E-state index is 11.8. The van der Waals surface area contributed by atoms with Gasteiger partial charge in [-0.15, -0.1) is 0 Å². The fourth-order valence-electron chi connectivity index (χ4n) is 1.11. The molecule has 0 aliphatic carbocycles. The number of hydrogen-bond donors (Lipinski definition) is 1. The summed E-state index contributed by atoms with van der Waals surface area (Å²) in [5, 5.41) is 11.7. The molecule has 0 aromatic carbocycles. The Morgan fingerprint density at radius 2 is 2.36 bits per heavy atom. The standard InChI is InChI=1S/C10H12FN3/c1-8-5-9(7-12)6-10(14-8)13-4-2-3-11/h5-6H,2-4H2,1H3,(H,13,14). The lowest BCUT2D eigenvalue weighted by molar-refractivity contribution is 0.481. The van der Waals surface area contributed by atoms with Gasteiger partial charge in [-0.1, -0.05) is 0 Å². The molecule has 3 nitrogen and oxygen atoms in total. The molecule has 4 heteroatoms. The van der Waals surface area contributed by atoms with Crippen molar-refractivity contribution in [2.24, 2.45) is 0 Å². The Morgan fingerprint density at radius 3 is 3.00 bits per heavy atom. The minimum Gasteiger partial charge on any atom is -0.370 e. The van der Waals surface area contributed by atoms with Gasteiger partial charge in [0.25, 0.3) is 0 Å². The molecule has 0 atom stereocenters. The quantitative estimate of drug-likeness (QED) is 0.744. The predicted molar refractivity (Wildman–Crippen MR) is 52.8 cm³/mol. The number of anilines is 1. The summed E-state index contributed by atoms with van der Waals surface area (Å²) < 4.78 is 11.8. The minimum atomic E-state index is -0.343. The van der Waals surface area contributed by atoms with E-state index in [1.807, 2.05) is 13.0 Å². The van der Waals surface area contributed by atoms with Gasteiger partial charge >= 0.3 is 0 Å². The number of rotatable bonds is 4. The second kappa shape index (κ2) is 5.18. The highest BCUT2D eigenvalue weighted by atomic mass is 19.1. The van der Waals surface area contributed by atoms with Crippen LogP contribution in [0.2, 0.25) is 0 Å². The summed E-state index contributed by atoms with van der Waals surface area (Å²) in [5.41, 5.74) is 1.35. The Kier molecular flexibility index (Phi) is 3.86. The Balaban J connectivity index is 2.68. The lowest BCUT2D eigenvalue weighted by atomic mass is 10.2. The van der Waals surface area contributed by atoms with E-state index in [2.05, 4.69) is 10.3 Å². The van der Waals surface area contributed by atoms with Gasteiger partial charge in [-0.05, 0) is 25.5 Å². The van der Waals surface area contributed by atoms with Crippen molar-refractivity contribution in [2.75, 3.05) is 18.5 Å². The van der Waals surface area contributed by atoms with E-state index < -0.39 is 0 Å². The van der Waals surface area contributed by atoms with Gasteiger partial charge in [-0.3, -0.25) is 4.39 Å². The second-order valence-corrected chi connectivity index (χ2v) is 2.96. The third-order valence-corrected chi connectivity index (χ3v) is 1.70. The highest BCUT2D eigenvalue weighted by Crippen LogP contribution is 2.08. The molecule has 1 aromatic rings. The Hall–Kier alpha value is -1.63. The SMILES string of the molecule is Cc1cc(C#N)cc(NCCCF)n1. The van der Waals surface area contributed by atoms with E-state index in [1.165, 1.54) is 0 Å². The fourth-order valence-corrected chi connectivity index (χ4v) is 1.11. The zero-order chi connectivity index (χ0) is 10.4. The molecule has 74 valence electrons. The van der Waals surface area contributed by atoms with Crippen LogP contribution in [0.1, 0.15) is 17.7 Å². The van der Waals surface area contributed by atoms with Crippen molar-refractivity contribution in [3.8, 4) is 6.07 Å². The van der Waals surface area contributed by atoms with Gasteiger partial charge in [0.2, 0.25) is 0 Å². The molecule has 1 aromatic heterocycles. The van der Waals surface area contributed by atoms with Gasteiger partial charge in [-0.2, -0.15) is 5.26 Å². The first kappa shape index (κ1) is 10.5. The Bertz CT molecular complexity index is 344. The zero-order valence-electron chi connectivity index (χ0n) is 8.05. The molecule has 0 spiro atoms. The van der Waals surface area contributed by atoms with Crippen LogP contribution in [-0.4, -0.2) is 18.2 Å². The molecular weight excluding hydrogens is 181 g/mol. The number of nitriles is 1. The maximum Gasteiger partial charge on any atom is 0.127 e. The number of nitrogens with one attached hydrogen (secondary N) is 1. The first-order valence-corrected chi connectivity index (χ1v) is 4.45. The van der Waals surface area contributed by atoms with E-state index >= 15 is 0 Å². The first-order chi connectivity index (χ1) is 6.76. The number of aromatic nitrogens is 1. The monoisotopic (exact) mass is 193 g/mol. The van der Waals surface area contributed by atoms with Crippen LogP contribution < -0.4 is 5.32 Å². The van der Waals surface area contributed by atoms with Crippen molar-refractivity contribution in [1.82, 2.24) is 4.98 Å². The lowest BCUT2D eigenvalue weighted by Crippen LogP contribution is -2.04. The molecular formula is C10H12FN3. The summed E-state index contributed by atoms with van der Waals surface area (Å²) >= 11 is 0. The van der Waals surface area contributed by atoms with Crippen LogP contribution in [0.25, 0.3) is 0 Å². The summed E-state index contributed by atoms with van der Waals surface area (Å²) in [6.45, 7) is 2.02. The Labute approximate surface area is 82.6 Å². The van der Waals surface area contributed by atoms with Crippen LogP contribution >= 0.6 is 0 Å². The van der Waals surface area contributed by atoms with Crippen molar-refractivity contribution in [2.45, 2.75) is 13.3 Å². The molecule has 0 saturated heterocycles. The average molecular weight is 193 g/mol. The predicted octanol–water partition coefficient (Wildman–Crippen LogP) is 2.03. The number of alkyl halides is 1. The first-order valence-electron chi connectivity index (χ1n) is 4.45. The van der Waals surface area contributed by atoms with Crippen LogP contribution in [0, 0.1) is 18.3 Å². The number of aryl methyl sites for hydroxylation is 1. The van der Waals surface area contributed by atoms with Gasteiger partial charge in [0.1, 0.15) is 5.82 Å². The van der Waals surface area contributed by atoms with Crippen LogP contribution in [-0.2, 0) is 0 Å². The maximum absolute atomic E-state index is 11.8. The average Bonchev–Trinajstić information content (AvgIpc) is 2.17. The summed E-state index contributed by atoms with van der Waals surface area (Å²) in [6.07, 6.45) is 0.456. The van der Waals surface area contributed by atoms with Crippen molar-refractivity contribution < 1.29 is 4.39 Å². The van der Waals surface area contributed by atoms with Crippen LogP contribution in [0.3, 0.4) is 0 Å². The molecule has 0 radical (unpaired) electrons. The second-order valence-electron chi connectivity index (χ2n) is 2.96. The van der Waals surface area contributed by atoms with Gasteiger partial charge in [0.05, 0.1) is 18.3 Å². The fraction of sp³-hybridized carbons (Fsp3) is 0.400. The molecule has 0 fully saturated rings. The number of pyridine rings is 1. The molecule has 1 rings (SSSR count). The molecule has 0 aliphatic rings. The third kappa shape index (κ3) is 3.02. The van der Waals surface area contributed by atoms with Crippen molar-refractivity contribution in [1.29, 1.82) is 5.26 Å². The largest absolute Gasteiger partial charge is 0.370 e. The van der Waals surface area contributed by atoms with Crippen molar-refractivity contribution in [3.05, 3.63) is 23.4 Å². The Morgan fingerprint density at radius 1 is 1.57 bits per heavy atom. The minimum absolute atomic E-state index is 0.343. The summed E-state index contributed by atoms with van der Waals surface area (Å²) in [5.74, 6) is 0.634. The zero-order valence-corrected chi connectivity index (χ0v) is 8.05. The highest BCUT2D eigenvalue weighted by Gasteiger charge is 1.98. The van der Waals surface area contributed by atoms with Crippen LogP contribution in [0.5, 0.6) is 0 Å². The number of hydrogen-bond acceptors (Lipinski definition) is 3. The van der Waals surface area contributed by atoms with Crippen LogP contribution in [0.15, 0.2) is 12.1 Å². The topological polar surface area (TPSA) is 48.7 Å². The number of halogens is 1. The molecule has 0 amide bonds. The van der Waals surface area contributed by atoms with Gasteiger partial charge < -0.3 is 5.32 Å². The van der Waals surface area contributed by atoms with Gasteiger partial charge in [0, 0.05) is 12.2 Å². The van der Waals surface area contributed by atoms with Gasteiger partial charge in [-0.25, -0.2) is 4.98 Å². The van der Waals surface area contributed by atoms with Gasteiger partial charge in [0.15, 0.2) is 0 Å². The normalized spacial score (nSPS) is 9.50. The summed E-state index contributed by atoms with van der Waals surface area (Å²) in [7, 11) is 0. The van der Waals surface area contributed by atoms with Crippen LogP contribution in [0.4, 0.5) is 10.2 Å². The summed E-state index contributed by atoms with van der Waals surface area (Å²) in [6, 6.07) is 5.41. The molecule has 0 bridgehead atoms. The number of nitrogens with zero attached hydrogens (tertiary/aromatic N) is 2. The smallest absolute Gasteiger partial charge is 0.127 e. The highest BCUT2D eigenvalue weighted by molar-refractivity contribution is 5.44.